The van der Waals surface area contributed by atoms with Crippen LogP contribution in [0.15, 0.2) is 46.8 Å². The lowest BCUT2D eigenvalue weighted by molar-refractivity contribution is -0.139. The number of dihydropyridines is 1. The Kier molecular flexibility index (Phi) is 7.22. The molecular weight excluding hydrogens is 406 g/mol. The maximum Gasteiger partial charge on any atom is 0.336 e. The Bertz CT molecular complexity index is 968. The highest BCUT2D eigenvalue weighted by atomic mass is 16.5. The zero-order valence-electron chi connectivity index (χ0n) is 19.7. The highest BCUT2D eigenvalue weighted by molar-refractivity contribution is 6.04. The third-order valence-corrected chi connectivity index (χ3v) is 5.92. The number of ketones is 1. The SMILES string of the molecule is CCCCCOC(=O)C1=C(C)NC2=C(C(=O)CC(C)(C)C2)[C@H]1c1ccc(OC(C)=O)cc1. The number of benzene rings is 1. The van der Waals surface area contributed by atoms with Crippen molar-refractivity contribution in [3.63, 3.8) is 0 Å². The molecule has 0 radical (unpaired) electrons. The molecular formula is C26H33NO5. The van der Waals surface area contributed by atoms with Gasteiger partial charge < -0.3 is 14.8 Å². The van der Waals surface area contributed by atoms with Crippen LogP contribution in [0.1, 0.15) is 78.2 Å². The summed E-state index contributed by atoms with van der Waals surface area (Å²) in [6, 6.07) is 7.00. The van der Waals surface area contributed by atoms with E-state index in [0.29, 0.717) is 35.6 Å². The van der Waals surface area contributed by atoms with Crippen molar-refractivity contribution in [2.75, 3.05) is 6.61 Å². The molecule has 0 saturated heterocycles. The maximum atomic E-state index is 13.3. The molecule has 0 bridgehead atoms. The van der Waals surface area contributed by atoms with Crippen LogP contribution in [-0.4, -0.2) is 24.3 Å². The van der Waals surface area contributed by atoms with Gasteiger partial charge in [-0.2, -0.15) is 0 Å². The Morgan fingerprint density at radius 3 is 2.44 bits per heavy atom. The predicted molar refractivity (Wildman–Crippen MR) is 122 cm³/mol. The number of rotatable bonds is 7. The minimum absolute atomic E-state index is 0.0431. The molecule has 1 heterocycles. The van der Waals surface area contributed by atoms with Crippen LogP contribution in [0.3, 0.4) is 0 Å². The topological polar surface area (TPSA) is 81.7 Å². The molecule has 6 nitrogen and oxygen atoms in total. The van der Waals surface area contributed by atoms with Gasteiger partial charge in [0.05, 0.1) is 12.2 Å². The minimum atomic E-state index is -0.514. The summed E-state index contributed by atoms with van der Waals surface area (Å²) < 4.78 is 10.7. The van der Waals surface area contributed by atoms with E-state index in [9.17, 15) is 14.4 Å². The molecule has 0 aromatic heterocycles. The lowest BCUT2D eigenvalue weighted by Gasteiger charge is -2.39. The molecule has 0 spiro atoms. The van der Waals surface area contributed by atoms with Gasteiger partial charge in [0.25, 0.3) is 0 Å². The van der Waals surface area contributed by atoms with Crippen LogP contribution in [0.4, 0.5) is 0 Å². The number of carbonyl (C=O) groups is 3. The number of allylic oxidation sites excluding steroid dienone is 3. The highest BCUT2D eigenvalue weighted by Crippen LogP contribution is 2.46. The van der Waals surface area contributed by atoms with E-state index in [0.717, 1.165) is 36.9 Å². The second kappa shape index (κ2) is 9.72. The summed E-state index contributed by atoms with van der Waals surface area (Å²) in [6.07, 6.45) is 4.00. The van der Waals surface area contributed by atoms with Gasteiger partial charge in [0, 0.05) is 36.2 Å². The molecule has 0 amide bonds. The highest BCUT2D eigenvalue weighted by Gasteiger charge is 2.43. The van der Waals surface area contributed by atoms with E-state index in [1.807, 2.05) is 19.1 Å². The Labute approximate surface area is 190 Å². The molecule has 3 rings (SSSR count). The average Bonchev–Trinajstić information content (AvgIpc) is 2.69. The zero-order chi connectivity index (χ0) is 23.5. The summed E-state index contributed by atoms with van der Waals surface area (Å²) in [7, 11) is 0. The first-order valence-corrected chi connectivity index (χ1v) is 11.3. The van der Waals surface area contributed by atoms with E-state index >= 15 is 0 Å². The number of nitrogens with one attached hydrogen (secondary N) is 1. The molecule has 1 aromatic carbocycles. The Balaban J connectivity index is 2.01. The summed E-state index contributed by atoms with van der Waals surface area (Å²) >= 11 is 0. The summed E-state index contributed by atoms with van der Waals surface area (Å²) in [5.41, 5.74) is 3.33. The van der Waals surface area contributed by atoms with Crippen LogP contribution in [0.2, 0.25) is 0 Å². The normalized spacial score (nSPS) is 19.9. The second-order valence-corrected chi connectivity index (χ2v) is 9.44. The first kappa shape index (κ1) is 23.8. The van der Waals surface area contributed by atoms with Crippen LogP contribution < -0.4 is 10.1 Å². The summed E-state index contributed by atoms with van der Waals surface area (Å²) in [5, 5.41) is 3.34. The standard InChI is InChI=1S/C26H33NO5/c1-6-7-8-13-31-25(30)22-16(2)27-20-14-26(4,5)15-21(29)24(20)23(22)18-9-11-19(12-10-18)32-17(3)28/h9-12,23,27H,6-8,13-15H2,1-5H3/t23-/m0/s1. The van der Waals surface area contributed by atoms with E-state index in [2.05, 4.69) is 26.1 Å². The number of hydrogen-bond donors (Lipinski definition) is 1. The molecule has 6 heteroatoms. The Hall–Kier alpha value is -2.89. The quantitative estimate of drug-likeness (QED) is 0.368. The fraction of sp³-hybridized carbons (Fsp3) is 0.500. The second-order valence-electron chi connectivity index (χ2n) is 9.44. The van der Waals surface area contributed by atoms with Crippen molar-refractivity contribution < 1.29 is 23.9 Å². The molecule has 1 atom stereocenters. The van der Waals surface area contributed by atoms with E-state index in [1.165, 1.54) is 6.92 Å². The molecule has 172 valence electrons. The predicted octanol–water partition coefficient (Wildman–Crippen LogP) is 4.95. The molecule has 2 aliphatic rings. The van der Waals surface area contributed by atoms with Gasteiger partial charge in [-0.15, -0.1) is 0 Å². The van der Waals surface area contributed by atoms with Crippen molar-refractivity contribution in [2.24, 2.45) is 5.41 Å². The van der Waals surface area contributed by atoms with E-state index in [-0.39, 0.29) is 11.2 Å². The minimum Gasteiger partial charge on any atom is -0.462 e. The fourth-order valence-electron chi connectivity index (χ4n) is 4.53. The van der Waals surface area contributed by atoms with Crippen molar-refractivity contribution >= 4 is 17.7 Å². The van der Waals surface area contributed by atoms with E-state index in [4.69, 9.17) is 9.47 Å². The van der Waals surface area contributed by atoms with Gasteiger partial charge in [-0.3, -0.25) is 9.59 Å². The van der Waals surface area contributed by atoms with Crippen LogP contribution in [0, 0.1) is 5.41 Å². The molecule has 0 fully saturated rings. The molecule has 1 aromatic rings. The van der Waals surface area contributed by atoms with Gasteiger partial charge in [0.15, 0.2) is 5.78 Å². The van der Waals surface area contributed by atoms with Gasteiger partial charge in [-0.1, -0.05) is 45.7 Å². The molecule has 0 unspecified atom stereocenters. The van der Waals surface area contributed by atoms with Crippen LogP contribution in [0.25, 0.3) is 0 Å². The molecule has 0 saturated carbocycles. The summed E-state index contributed by atoms with van der Waals surface area (Å²) in [6.45, 7) is 9.82. The smallest absolute Gasteiger partial charge is 0.336 e. The van der Waals surface area contributed by atoms with Gasteiger partial charge >= 0.3 is 11.9 Å². The molecule has 32 heavy (non-hydrogen) atoms. The molecule has 1 N–H and O–H groups in total. The fourth-order valence-corrected chi connectivity index (χ4v) is 4.53. The van der Waals surface area contributed by atoms with Crippen molar-refractivity contribution in [2.45, 2.75) is 72.6 Å². The zero-order valence-corrected chi connectivity index (χ0v) is 19.7. The number of ether oxygens (including phenoxy) is 2. The van der Waals surface area contributed by atoms with Gasteiger partial charge in [-0.05, 0) is 42.9 Å². The third-order valence-electron chi connectivity index (χ3n) is 5.92. The summed E-state index contributed by atoms with van der Waals surface area (Å²) in [5.74, 6) is -0.850. The van der Waals surface area contributed by atoms with E-state index in [1.54, 1.807) is 12.1 Å². The number of esters is 2. The van der Waals surface area contributed by atoms with Crippen molar-refractivity contribution in [3.8, 4) is 5.75 Å². The summed E-state index contributed by atoms with van der Waals surface area (Å²) in [4.78, 5) is 37.7. The van der Waals surface area contributed by atoms with Crippen molar-refractivity contribution in [1.29, 1.82) is 0 Å². The van der Waals surface area contributed by atoms with Gasteiger partial charge in [0.2, 0.25) is 0 Å². The Morgan fingerprint density at radius 2 is 1.81 bits per heavy atom. The largest absolute Gasteiger partial charge is 0.462 e. The van der Waals surface area contributed by atoms with Crippen LogP contribution >= 0.6 is 0 Å². The first-order valence-electron chi connectivity index (χ1n) is 11.3. The van der Waals surface area contributed by atoms with E-state index < -0.39 is 17.9 Å². The molecule has 1 aliphatic carbocycles. The van der Waals surface area contributed by atoms with Crippen molar-refractivity contribution in [3.05, 3.63) is 52.4 Å². The molecule has 1 aliphatic heterocycles. The van der Waals surface area contributed by atoms with Gasteiger partial charge in [-0.25, -0.2) is 4.79 Å². The third kappa shape index (κ3) is 5.29. The average molecular weight is 440 g/mol. The van der Waals surface area contributed by atoms with Gasteiger partial charge in [0.1, 0.15) is 5.75 Å². The number of unbranched alkanes of at least 4 members (excludes halogenated alkanes) is 2. The van der Waals surface area contributed by atoms with Crippen LogP contribution in [0.5, 0.6) is 5.75 Å². The lowest BCUT2D eigenvalue weighted by Crippen LogP contribution is -2.38. The number of hydrogen-bond acceptors (Lipinski definition) is 6. The van der Waals surface area contributed by atoms with Crippen LogP contribution in [-0.2, 0) is 19.1 Å². The lowest BCUT2D eigenvalue weighted by atomic mass is 9.68. The number of carbonyl (C=O) groups excluding carboxylic acids is 3. The monoisotopic (exact) mass is 439 g/mol. The number of Topliss-reactive ketones (excluding diaryl/α,β-unsaturated/α-hetero) is 1. The van der Waals surface area contributed by atoms with Crippen molar-refractivity contribution in [1.82, 2.24) is 5.32 Å². The first-order chi connectivity index (χ1) is 15.1. The maximum absolute atomic E-state index is 13.3. The Morgan fingerprint density at radius 1 is 1.12 bits per heavy atom.